The summed E-state index contributed by atoms with van der Waals surface area (Å²) < 4.78 is 17.9. The largest absolute Gasteiger partial charge is 0.450 e. The molecule has 0 aromatic heterocycles. The number of hydrogen-bond donors (Lipinski definition) is 0. The zero-order chi connectivity index (χ0) is 9.31. The molecule has 0 bridgehead atoms. The molecule has 0 spiro atoms. The number of fused-ring (bicyclic) bond motifs is 1. The van der Waals surface area contributed by atoms with Crippen LogP contribution in [-0.4, -0.2) is 36.8 Å². The van der Waals surface area contributed by atoms with Crippen molar-refractivity contribution in [3.8, 4) is 12.0 Å². The van der Waals surface area contributed by atoms with Crippen LogP contribution in [-0.2, 0) is 4.74 Å². The lowest BCUT2D eigenvalue weighted by Gasteiger charge is -2.24. The van der Waals surface area contributed by atoms with E-state index in [-0.39, 0.29) is 5.54 Å². The van der Waals surface area contributed by atoms with Gasteiger partial charge in [0.15, 0.2) is 0 Å². The molecule has 2 nitrogen and oxygen atoms in total. The van der Waals surface area contributed by atoms with Crippen LogP contribution in [0.15, 0.2) is 0 Å². The molecule has 72 valence electrons. The zero-order valence-corrected chi connectivity index (χ0v) is 7.85. The molecule has 2 atom stereocenters. The average molecular weight is 183 g/mol. The highest BCUT2D eigenvalue weighted by atomic mass is 19.1. The van der Waals surface area contributed by atoms with E-state index < -0.39 is 6.17 Å². The minimum absolute atomic E-state index is 0.199. The summed E-state index contributed by atoms with van der Waals surface area (Å²) in [5.41, 5.74) is -0.199. The molecule has 0 radical (unpaired) electrons. The molecule has 2 rings (SSSR count). The number of ether oxygens (including phenoxy) is 1. The van der Waals surface area contributed by atoms with Gasteiger partial charge in [-0.25, -0.2) is 4.39 Å². The van der Waals surface area contributed by atoms with E-state index in [0.717, 1.165) is 19.4 Å². The van der Waals surface area contributed by atoms with Crippen LogP contribution >= 0.6 is 0 Å². The topological polar surface area (TPSA) is 12.5 Å². The number of rotatable bonds is 0. The Kier molecular flexibility index (Phi) is 2.17. The maximum Gasteiger partial charge on any atom is 0.116 e. The molecule has 2 heterocycles. The van der Waals surface area contributed by atoms with Gasteiger partial charge in [0.05, 0.1) is 12.6 Å². The zero-order valence-electron chi connectivity index (χ0n) is 7.85. The van der Waals surface area contributed by atoms with Gasteiger partial charge in [-0.1, -0.05) is 0 Å². The van der Waals surface area contributed by atoms with Crippen molar-refractivity contribution in [1.82, 2.24) is 4.90 Å². The SMILES string of the molecule is COC#CC12CCCN1C[C@H](F)C2. The monoisotopic (exact) mass is 183 g/mol. The number of nitrogens with zero attached hydrogens (tertiary/aromatic N) is 1. The lowest BCUT2D eigenvalue weighted by Crippen LogP contribution is -2.36. The van der Waals surface area contributed by atoms with E-state index in [9.17, 15) is 4.39 Å². The van der Waals surface area contributed by atoms with Crippen LogP contribution in [0.4, 0.5) is 4.39 Å². The second-order valence-corrected chi connectivity index (χ2v) is 3.81. The Morgan fingerprint density at radius 2 is 2.46 bits per heavy atom. The summed E-state index contributed by atoms with van der Waals surface area (Å²) >= 11 is 0. The summed E-state index contributed by atoms with van der Waals surface area (Å²) in [6.45, 7) is 1.54. The highest BCUT2D eigenvalue weighted by Gasteiger charge is 2.47. The normalized spacial score (nSPS) is 38.2. The molecule has 3 heteroatoms. The van der Waals surface area contributed by atoms with Crippen LogP contribution < -0.4 is 0 Å². The van der Waals surface area contributed by atoms with E-state index >= 15 is 0 Å². The van der Waals surface area contributed by atoms with E-state index in [1.807, 2.05) is 0 Å². The van der Waals surface area contributed by atoms with E-state index in [4.69, 9.17) is 4.74 Å². The van der Waals surface area contributed by atoms with Crippen molar-refractivity contribution >= 4 is 0 Å². The summed E-state index contributed by atoms with van der Waals surface area (Å²) in [6, 6.07) is 0. The van der Waals surface area contributed by atoms with Crippen LogP contribution in [0.3, 0.4) is 0 Å². The summed E-state index contributed by atoms with van der Waals surface area (Å²) in [6.07, 6.45) is 4.59. The fraction of sp³-hybridized carbons (Fsp3) is 0.800. The molecule has 0 aliphatic carbocycles. The Bertz CT molecular complexity index is 257. The molecular weight excluding hydrogens is 169 g/mol. The summed E-state index contributed by atoms with van der Waals surface area (Å²) in [7, 11) is 1.55. The minimum Gasteiger partial charge on any atom is -0.450 e. The van der Waals surface area contributed by atoms with Crippen molar-refractivity contribution in [1.29, 1.82) is 0 Å². The van der Waals surface area contributed by atoms with Gasteiger partial charge in [0.2, 0.25) is 0 Å². The fourth-order valence-electron chi connectivity index (χ4n) is 2.44. The van der Waals surface area contributed by atoms with Gasteiger partial charge in [0.1, 0.15) is 12.3 Å². The third-order valence-corrected chi connectivity index (χ3v) is 2.99. The second kappa shape index (κ2) is 3.19. The quantitative estimate of drug-likeness (QED) is 0.523. The first kappa shape index (κ1) is 8.83. The van der Waals surface area contributed by atoms with Gasteiger partial charge >= 0.3 is 0 Å². The van der Waals surface area contributed by atoms with Crippen molar-refractivity contribution in [2.45, 2.75) is 31.0 Å². The summed E-state index contributed by atoms with van der Waals surface area (Å²) in [4.78, 5) is 2.16. The second-order valence-electron chi connectivity index (χ2n) is 3.81. The summed E-state index contributed by atoms with van der Waals surface area (Å²) in [5.74, 6) is 3.05. The van der Waals surface area contributed by atoms with Gasteiger partial charge in [-0.15, -0.1) is 0 Å². The van der Waals surface area contributed by atoms with Crippen LogP contribution in [0.2, 0.25) is 0 Å². The predicted molar refractivity (Wildman–Crippen MR) is 47.8 cm³/mol. The van der Waals surface area contributed by atoms with Crippen molar-refractivity contribution in [2.75, 3.05) is 20.2 Å². The number of alkyl halides is 1. The Morgan fingerprint density at radius 1 is 1.62 bits per heavy atom. The molecular formula is C10H14FNO. The van der Waals surface area contributed by atoms with Crippen molar-refractivity contribution < 1.29 is 9.13 Å². The summed E-state index contributed by atoms with van der Waals surface area (Å²) in [5, 5.41) is 0. The fourth-order valence-corrected chi connectivity index (χ4v) is 2.44. The Balaban J connectivity index is 2.18. The molecule has 0 amide bonds. The first-order valence-electron chi connectivity index (χ1n) is 4.71. The molecule has 2 fully saturated rings. The van der Waals surface area contributed by atoms with Crippen LogP contribution in [0.5, 0.6) is 0 Å². The average Bonchev–Trinajstić information content (AvgIpc) is 2.57. The third kappa shape index (κ3) is 1.40. The molecule has 2 aliphatic heterocycles. The highest BCUT2D eigenvalue weighted by molar-refractivity contribution is 5.22. The number of halogens is 1. The van der Waals surface area contributed by atoms with Gasteiger partial charge in [-0.2, -0.15) is 0 Å². The Morgan fingerprint density at radius 3 is 3.23 bits per heavy atom. The highest BCUT2D eigenvalue weighted by Crippen LogP contribution is 2.39. The lowest BCUT2D eigenvalue weighted by atomic mass is 9.95. The lowest BCUT2D eigenvalue weighted by molar-refractivity contribution is 0.253. The predicted octanol–water partition coefficient (Wildman–Crippen LogP) is 1.17. The molecule has 2 aliphatic rings. The standard InChI is InChI=1S/C10H14FNO/c1-13-6-4-10-3-2-5-12(10)8-9(11)7-10/h9H,2-3,5,7-8H2,1H3/t9-,10?/m1/s1. The van der Waals surface area contributed by atoms with Gasteiger partial charge in [0.25, 0.3) is 0 Å². The van der Waals surface area contributed by atoms with Gasteiger partial charge in [-0.3, -0.25) is 4.90 Å². The Labute approximate surface area is 78.1 Å². The molecule has 0 saturated carbocycles. The first-order chi connectivity index (χ1) is 6.27. The van der Waals surface area contributed by atoms with Crippen LogP contribution in [0.1, 0.15) is 19.3 Å². The molecule has 1 unspecified atom stereocenters. The van der Waals surface area contributed by atoms with E-state index in [0.29, 0.717) is 13.0 Å². The molecule has 2 saturated heterocycles. The van der Waals surface area contributed by atoms with Crippen molar-refractivity contribution in [3.63, 3.8) is 0 Å². The van der Waals surface area contributed by atoms with Gasteiger partial charge in [0, 0.05) is 13.0 Å². The molecule has 0 aromatic carbocycles. The van der Waals surface area contributed by atoms with Gasteiger partial charge < -0.3 is 4.74 Å². The van der Waals surface area contributed by atoms with E-state index in [1.54, 1.807) is 7.11 Å². The van der Waals surface area contributed by atoms with Crippen LogP contribution in [0.25, 0.3) is 0 Å². The van der Waals surface area contributed by atoms with Gasteiger partial charge in [-0.05, 0) is 25.3 Å². The maximum absolute atomic E-state index is 13.2. The van der Waals surface area contributed by atoms with Crippen molar-refractivity contribution in [2.24, 2.45) is 0 Å². The molecule has 13 heavy (non-hydrogen) atoms. The minimum atomic E-state index is -0.702. The molecule has 0 aromatic rings. The van der Waals surface area contributed by atoms with E-state index in [1.165, 1.54) is 0 Å². The number of hydrogen-bond acceptors (Lipinski definition) is 2. The maximum atomic E-state index is 13.2. The van der Waals surface area contributed by atoms with E-state index in [2.05, 4.69) is 16.9 Å². The van der Waals surface area contributed by atoms with Crippen LogP contribution in [0, 0.1) is 12.0 Å². The third-order valence-electron chi connectivity index (χ3n) is 2.99. The smallest absolute Gasteiger partial charge is 0.116 e. The first-order valence-corrected chi connectivity index (χ1v) is 4.71. The Hall–Kier alpha value is -0.750. The molecule has 0 N–H and O–H groups in total. The van der Waals surface area contributed by atoms with Crippen molar-refractivity contribution in [3.05, 3.63) is 0 Å². The number of methoxy groups -OCH3 is 1.